The van der Waals surface area contributed by atoms with E-state index >= 15 is 0 Å². The molecule has 1 aliphatic heterocycles. The number of carbonyl (C=O) groups is 2. The van der Waals surface area contributed by atoms with Crippen LogP contribution in [0.15, 0.2) is 24.3 Å². The predicted octanol–water partition coefficient (Wildman–Crippen LogP) is 0.560. The van der Waals surface area contributed by atoms with Crippen molar-refractivity contribution in [1.82, 2.24) is 16.0 Å². The molecule has 1 heterocycles. The van der Waals surface area contributed by atoms with Gasteiger partial charge in [-0.1, -0.05) is 6.07 Å². The van der Waals surface area contributed by atoms with Crippen molar-refractivity contribution < 1.29 is 9.59 Å². The lowest BCUT2D eigenvalue weighted by Gasteiger charge is -2.11. The van der Waals surface area contributed by atoms with Crippen LogP contribution in [-0.2, 0) is 0 Å². The molecule has 1 aromatic rings. The normalized spacial score (nSPS) is 17.4. The van der Waals surface area contributed by atoms with Crippen LogP contribution in [-0.4, -0.2) is 38.0 Å². The van der Waals surface area contributed by atoms with Crippen LogP contribution in [0.3, 0.4) is 0 Å². The molecule has 1 fully saturated rings. The second-order valence-electron chi connectivity index (χ2n) is 4.32. The molecule has 1 aliphatic rings. The quantitative estimate of drug-likeness (QED) is 0.759. The summed E-state index contributed by atoms with van der Waals surface area (Å²) >= 11 is 0. The third kappa shape index (κ3) is 3.94. The van der Waals surface area contributed by atoms with E-state index in [2.05, 4.69) is 16.0 Å². The highest BCUT2D eigenvalue weighted by atomic mass is 35.5. The van der Waals surface area contributed by atoms with Gasteiger partial charge in [-0.25, -0.2) is 0 Å². The predicted molar refractivity (Wildman–Crippen MR) is 75.8 cm³/mol. The molecule has 0 aromatic heterocycles. The smallest absolute Gasteiger partial charge is 0.251 e. The molecule has 0 radical (unpaired) electrons. The van der Waals surface area contributed by atoms with Gasteiger partial charge in [-0.05, 0) is 31.2 Å². The van der Waals surface area contributed by atoms with Crippen molar-refractivity contribution >= 4 is 24.2 Å². The molecule has 0 bridgehead atoms. The fourth-order valence-electron chi connectivity index (χ4n) is 1.99. The molecule has 2 amide bonds. The largest absolute Gasteiger partial charge is 0.355 e. The van der Waals surface area contributed by atoms with Crippen LogP contribution in [0.2, 0.25) is 0 Å². The average Bonchev–Trinajstić information content (AvgIpc) is 2.90. The lowest BCUT2D eigenvalue weighted by molar-refractivity contribution is 0.0940. The Morgan fingerprint density at radius 2 is 1.95 bits per heavy atom. The summed E-state index contributed by atoms with van der Waals surface area (Å²) in [5, 5.41) is 8.68. The molecule has 1 atom stereocenters. The van der Waals surface area contributed by atoms with E-state index in [1.807, 2.05) is 0 Å². The van der Waals surface area contributed by atoms with Crippen molar-refractivity contribution in [2.24, 2.45) is 0 Å². The molecule has 1 unspecified atom stereocenters. The van der Waals surface area contributed by atoms with Crippen LogP contribution in [0, 0.1) is 0 Å². The second-order valence-corrected chi connectivity index (χ2v) is 4.32. The van der Waals surface area contributed by atoms with Crippen LogP contribution in [0.1, 0.15) is 27.1 Å². The van der Waals surface area contributed by atoms with Gasteiger partial charge in [0.2, 0.25) is 0 Å². The van der Waals surface area contributed by atoms with Crippen molar-refractivity contribution in [3.63, 3.8) is 0 Å². The van der Waals surface area contributed by atoms with Crippen LogP contribution in [0.5, 0.6) is 0 Å². The van der Waals surface area contributed by atoms with E-state index in [9.17, 15) is 9.59 Å². The molecule has 0 saturated carbocycles. The van der Waals surface area contributed by atoms with Gasteiger partial charge in [0.05, 0.1) is 0 Å². The van der Waals surface area contributed by atoms with Gasteiger partial charge in [0, 0.05) is 30.8 Å². The maximum Gasteiger partial charge on any atom is 0.251 e. The Morgan fingerprint density at radius 1 is 1.26 bits per heavy atom. The van der Waals surface area contributed by atoms with Crippen molar-refractivity contribution in [2.45, 2.75) is 12.5 Å². The zero-order valence-corrected chi connectivity index (χ0v) is 11.5. The number of benzene rings is 1. The van der Waals surface area contributed by atoms with Gasteiger partial charge in [-0.2, -0.15) is 0 Å². The first-order chi connectivity index (χ1) is 8.70. The summed E-state index contributed by atoms with van der Waals surface area (Å²) in [7, 11) is 1.57. The van der Waals surface area contributed by atoms with E-state index in [0.29, 0.717) is 11.1 Å². The van der Waals surface area contributed by atoms with Gasteiger partial charge in [-0.3, -0.25) is 9.59 Å². The van der Waals surface area contributed by atoms with Crippen molar-refractivity contribution in [3.8, 4) is 0 Å². The zero-order chi connectivity index (χ0) is 13.0. The first-order valence-corrected chi connectivity index (χ1v) is 6.04. The minimum atomic E-state index is -0.188. The Morgan fingerprint density at radius 3 is 2.53 bits per heavy atom. The fourth-order valence-corrected chi connectivity index (χ4v) is 1.99. The Hall–Kier alpha value is -1.59. The molecule has 104 valence electrons. The molecule has 19 heavy (non-hydrogen) atoms. The summed E-state index contributed by atoms with van der Waals surface area (Å²) in [6.07, 6.45) is 0.945. The van der Waals surface area contributed by atoms with Crippen LogP contribution in [0.25, 0.3) is 0 Å². The van der Waals surface area contributed by atoms with E-state index < -0.39 is 0 Å². The number of amides is 2. The molecule has 0 aliphatic carbocycles. The van der Waals surface area contributed by atoms with E-state index in [1.54, 1.807) is 31.3 Å². The van der Waals surface area contributed by atoms with Gasteiger partial charge in [-0.15, -0.1) is 12.4 Å². The topological polar surface area (TPSA) is 70.2 Å². The highest BCUT2D eigenvalue weighted by Gasteiger charge is 2.18. The Balaban J connectivity index is 0.00000180. The molecular formula is C13H18ClN3O2. The van der Waals surface area contributed by atoms with Gasteiger partial charge in [0.25, 0.3) is 11.8 Å². The summed E-state index contributed by atoms with van der Waals surface area (Å²) < 4.78 is 0. The highest BCUT2D eigenvalue weighted by molar-refractivity contribution is 5.99. The number of carbonyl (C=O) groups excluding carboxylic acids is 2. The number of hydrogen-bond donors (Lipinski definition) is 3. The van der Waals surface area contributed by atoms with E-state index in [-0.39, 0.29) is 30.3 Å². The minimum absolute atomic E-state index is 0. The third-order valence-corrected chi connectivity index (χ3v) is 3.01. The van der Waals surface area contributed by atoms with Crippen molar-refractivity contribution in [1.29, 1.82) is 0 Å². The van der Waals surface area contributed by atoms with Crippen LogP contribution in [0.4, 0.5) is 0 Å². The summed E-state index contributed by atoms with van der Waals surface area (Å²) in [4.78, 5) is 23.5. The molecule has 5 nitrogen and oxygen atoms in total. The van der Waals surface area contributed by atoms with Gasteiger partial charge in [0.1, 0.15) is 0 Å². The fraction of sp³-hybridized carbons (Fsp3) is 0.385. The molecule has 1 saturated heterocycles. The average molecular weight is 284 g/mol. The monoisotopic (exact) mass is 283 g/mol. The van der Waals surface area contributed by atoms with Gasteiger partial charge >= 0.3 is 0 Å². The van der Waals surface area contributed by atoms with Crippen LogP contribution >= 0.6 is 12.4 Å². The van der Waals surface area contributed by atoms with Crippen molar-refractivity contribution in [2.75, 3.05) is 20.1 Å². The number of rotatable bonds is 3. The Bertz CT molecular complexity index is 459. The number of hydrogen-bond acceptors (Lipinski definition) is 3. The lowest BCUT2D eigenvalue weighted by Crippen LogP contribution is -2.36. The standard InChI is InChI=1S/C13H17N3O2.ClH/c1-14-12(17)9-3-2-4-10(7-9)13(18)16-11-5-6-15-8-11;/h2-4,7,11,15H,5-6,8H2,1H3,(H,14,17)(H,16,18);1H. The summed E-state index contributed by atoms with van der Waals surface area (Å²) in [5.41, 5.74) is 1.01. The van der Waals surface area contributed by atoms with Gasteiger partial charge in [0.15, 0.2) is 0 Å². The highest BCUT2D eigenvalue weighted by Crippen LogP contribution is 2.07. The second kappa shape index (κ2) is 7.11. The molecule has 3 N–H and O–H groups in total. The number of nitrogens with one attached hydrogen (secondary N) is 3. The van der Waals surface area contributed by atoms with E-state index in [0.717, 1.165) is 19.5 Å². The maximum absolute atomic E-state index is 12.0. The van der Waals surface area contributed by atoms with Crippen molar-refractivity contribution in [3.05, 3.63) is 35.4 Å². The third-order valence-electron chi connectivity index (χ3n) is 3.01. The Labute approximate surface area is 118 Å². The first-order valence-electron chi connectivity index (χ1n) is 6.04. The summed E-state index contributed by atoms with van der Waals surface area (Å²) in [6.45, 7) is 1.74. The van der Waals surface area contributed by atoms with E-state index in [4.69, 9.17) is 0 Å². The van der Waals surface area contributed by atoms with Crippen LogP contribution < -0.4 is 16.0 Å². The van der Waals surface area contributed by atoms with Gasteiger partial charge < -0.3 is 16.0 Å². The number of halogens is 1. The SMILES string of the molecule is CNC(=O)c1cccc(C(=O)NC2CCNC2)c1.Cl. The first kappa shape index (κ1) is 15.5. The summed E-state index contributed by atoms with van der Waals surface area (Å²) in [6, 6.07) is 6.90. The molecule has 6 heteroatoms. The lowest BCUT2D eigenvalue weighted by atomic mass is 10.1. The minimum Gasteiger partial charge on any atom is -0.355 e. The maximum atomic E-state index is 12.0. The summed E-state index contributed by atoms with van der Waals surface area (Å²) in [5.74, 6) is -0.318. The molecule has 2 rings (SSSR count). The molecular weight excluding hydrogens is 266 g/mol. The molecule has 0 spiro atoms. The van der Waals surface area contributed by atoms with E-state index in [1.165, 1.54) is 0 Å². The Kier molecular flexibility index (Phi) is 5.79. The zero-order valence-electron chi connectivity index (χ0n) is 10.7. The molecule has 1 aromatic carbocycles.